The van der Waals surface area contributed by atoms with Crippen molar-refractivity contribution in [1.29, 1.82) is 0 Å². The second kappa shape index (κ2) is 5.91. The summed E-state index contributed by atoms with van der Waals surface area (Å²) in [4.78, 5) is 4.46. The molecule has 108 valence electrons. The van der Waals surface area contributed by atoms with Crippen molar-refractivity contribution in [3.8, 4) is 0 Å². The highest BCUT2D eigenvalue weighted by Gasteiger charge is 2.11. The molecular formula is C16H19N5. The molecule has 3 rings (SSSR count). The Morgan fingerprint density at radius 2 is 1.95 bits per heavy atom. The number of imidazole rings is 1. The first-order valence-electron chi connectivity index (χ1n) is 7.25. The van der Waals surface area contributed by atoms with Crippen LogP contribution in [0.25, 0.3) is 10.8 Å². The number of benzene rings is 1. The van der Waals surface area contributed by atoms with Gasteiger partial charge >= 0.3 is 0 Å². The standard InChI is InChI=1S/C16H19N5/c1-3-9-21-10-8-18-15(21)11-14-12-6-4-5-7-13(12)16(17-2)20-19-14/h4-8,10H,3,9,11H2,1-2H3,(H,17,20). The van der Waals surface area contributed by atoms with Crippen LogP contribution in [0.15, 0.2) is 36.7 Å². The van der Waals surface area contributed by atoms with E-state index in [2.05, 4.69) is 44.1 Å². The van der Waals surface area contributed by atoms with Gasteiger partial charge in [-0.05, 0) is 6.42 Å². The maximum Gasteiger partial charge on any atom is 0.156 e. The first-order valence-corrected chi connectivity index (χ1v) is 7.25. The maximum atomic E-state index is 4.46. The van der Waals surface area contributed by atoms with Crippen LogP contribution in [0.1, 0.15) is 24.9 Å². The highest BCUT2D eigenvalue weighted by Crippen LogP contribution is 2.23. The molecule has 2 aromatic heterocycles. The van der Waals surface area contributed by atoms with E-state index in [0.717, 1.165) is 41.1 Å². The van der Waals surface area contributed by atoms with Crippen LogP contribution in [0.4, 0.5) is 5.82 Å². The van der Waals surface area contributed by atoms with E-state index in [0.29, 0.717) is 6.42 Å². The van der Waals surface area contributed by atoms with Gasteiger partial charge in [0, 0.05) is 36.8 Å². The third kappa shape index (κ3) is 2.59. The highest BCUT2D eigenvalue weighted by atomic mass is 15.2. The van der Waals surface area contributed by atoms with Gasteiger partial charge in [-0.15, -0.1) is 5.10 Å². The van der Waals surface area contributed by atoms with Crippen molar-refractivity contribution in [2.45, 2.75) is 26.3 Å². The van der Waals surface area contributed by atoms with Crippen LogP contribution >= 0.6 is 0 Å². The molecule has 1 N–H and O–H groups in total. The summed E-state index contributed by atoms with van der Waals surface area (Å²) in [6, 6.07) is 8.21. The lowest BCUT2D eigenvalue weighted by Gasteiger charge is -2.10. The molecule has 21 heavy (non-hydrogen) atoms. The zero-order chi connectivity index (χ0) is 14.7. The number of hydrogen-bond donors (Lipinski definition) is 1. The topological polar surface area (TPSA) is 55.6 Å². The zero-order valence-electron chi connectivity index (χ0n) is 12.4. The fraction of sp³-hybridized carbons (Fsp3) is 0.312. The Morgan fingerprint density at radius 3 is 2.71 bits per heavy atom. The number of nitrogens with one attached hydrogen (secondary N) is 1. The Balaban J connectivity index is 2.03. The molecule has 0 aliphatic rings. The molecule has 5 nitrogen and oxygen atoms in total. The summed E-state index contributed by atoms with van der Waals surface area (Å²) < 4.78 is 2.18. The van der Waals surface area contributed by atoms with Gasteiger partial charge in [0.25, 0.3) is 0 Å². The first-order chi connectivity index (χ1) is 10.3. The van der Waals surface area contributed by atoms with Crippen molar-refractivity contribution in [2.75, 3.05) is 12.4 Å². The van der Waals surface area contributed by atoms with Crippen molar-refractivity contribution in [3.05, 3.63) is 48.2 Å². The van der Waals surface area contributed by atoms with E-state index < -0.39 is 0 Å². The summed E-state index contributed by atoms with van der Waals surface area (Å²) in [7, 11) is 1.87. The molecule has 0 amide bonds. The number of aromatic nitrogens is 4. The Bertz CT molecular complexity index is 747. The molecule has 0 aliphatic heterocycles. The molecule has 3 aromatic rings. The van der Waals surface area contributed by atoms with Crippen molar-refractivity contribution in [3.63, 3.8) is 0 Å². The third-order valence-corrected chi connectivity index (χ3v) is 3.59. The Kier molecular flexibility index (Phi) is 3.81. The Hall–Kier alpha value is -2.43. The lowest BCUT2D eigenvalue weighted by atomic mass is 10.1. The van der Waals surface area contributed by atoms with E-state index in [1.165, 1.54) is 0 Å². The predicted octanol–water partition coefficient (Wildman–Crippen LogP) is 2.87. The van der Waals surface area contributed by atoms with Crippen LogP contribution < -0.4 is 5.32 Å². The number of hydrogen-bond acceptors (Lipinski definition) is 4. The molecule has 0 saturated carbocycles. The number of aryl methyl sites for hydroxylation is 1. The third-order valence-electron chi connectivity index (χ3n) is 3.59. The minimum Gasteiger partial charge on any atom is -0.371 e. The van der Waals surface area contributed by atoms with Crippen LogP contribution in [0.3, 0.4) is 0 Å². The quantitative estimate of drug-likeness (QED) is 0.781. The molecule has 0 spiro atoms. The molecule has 0 radical (unpaired) electrons. The summed E-state index contributed by atoms with van der Waals surface area (Å²) >= 11 is 0. The SMILES string of the molecule is CCCn1ccnc1Cc1nnc(NC)c2ccccc12. The minimum atomic E-state index is 0.699. The summed E-state index contributed by atoms with van der Waals surface area (Å²) in [5.74, 6) is 1.85. The van der Waals surface area contributed by atoms with Crippen molar-refractivity contribution >= 4 is 16.6 Å². The van der Waals surface area contributed by atoms with E-state index >= 15 is 0 Å². The van der Waals surface area contributed by atoms with E-state index in [1.807, 2.05) is 31.6 Å². The van der Waals surface area contributed by atoms with Gasteiger partial charge in [-0.25, -0.2) is 4.98 Å². The van der Waals surface area contributed by atoms with Gasteiger partial charge in [0.1, 0.15) is 5.82 Å². The Morgan fingerprint density at radius 1 is 1.14 bits per heavy atom. The fourth-order valence-corrected chi connectivity index (χ4v) is 2.58. The number of anilines is 1. The lowest BCUT2D eigenvalue weighted by Crippen LogP contribution is -2.07. The molecule has 0 saturated heterocycles. The fourth-order valence-electron chi connectivity index (χ4n) is 2.58. The zero-order valence-corrected chi connectivity index (χ0v) is 12.4. The lowest BCUT2D eigenvalue weighted by molar-refractivity contribution is 0.644. The largest absolute Gasteiger partial charge is 0.371 e. The average molecular weight is 281 g/mol. The summed E-state index contributed by atoms with van der Waals surface area (Å²) in [6.45, 7) is 3.15. The minimum absolute atomic E-state index is 0.699. The normalized spacial score (nSPS) is 11.0. The van der Waals surface area contributed by atoms with E-state index in [1.54, 1.807) is 0 Å². The number of nitrogens with zero attached hydrogens (tertiary/aromatic N) is 4. The maximum absolute atomic E-state index is 4.46. The Labute approximate surface area is 124 Å². The van der Waals surface area contributed by atoms with Crippen LogP contribution in [0.2, 0.25) is 0 Å². The molecule has 0 atom stereocenters. The second-order valence-electron chi connectivity index (χ2n) is 5.00. The van der Waals surface area contributed by atoms with Crippen molar-refractivity contribution in [2.24, 2.45) is 0 Å². The first kappa shape index (κ1) is 13.5. The van der Waals surface area contributed by atoms with Crippen LogP contribution in [0, 0.1) is 0 Å². The molecule has 0 fully saturated rings. The molecular weight excluding hydrogens is 262 g/mol. The molecule has 2 heterocycles. The number of rotatable bonds is 5. The van der Waals surface area contributed by atoms with Gasteiger partial charge in [0.2, 0.25) is 0 Å². The van der Waals surface area contributed by atoms with Crippen molar-refractivity contribution < 1.29 is 0 Å². The van der Waals surface area contributed by atoms with E-state index in [9.17, 15) is 0 Å². The predicted molar refractivity (Wildman–Crippen MR) is 84.4 cm³/mol. The smallest absolute Gasteiger partial charge is 0.156 e. The average Bonchev–Trinajstić information content (AvgIpc) is 2.95. The van der Waals surface area contributed by atoms with Gasteiger partial charge in [0.05, 0.1) is 12.1 Å². The molecule has 0 aliphatic carbocycles. The van der Waals surface area contributed by atoms with Crippen LogP contribution in [-0.4, -0.2) is 26.8 Å². The second-order valence-corrected chi connectivity index (χ2v) is 5.00. The van der Waals surface area contributed by atoms with Gasteiger partial charge in [-0.2, -0.15) is 5.10 Å². The van der Waals surface area contributed by atoms with E-state index in [4.69, 9.17) is 0 Å². The van der Waals surface area contributed by atoms with E-state index in [-0.39, 0.29) is 0 Å². The molecule has 5 heteroatoms. The van der Waals surface area contributed by atoms with Gasteiger partial charge in [-0.3, -0.25) is 0 Å². The monoisotopic (exact) mass is 281 g/mol. The van der Waals surface area contributed by atoms with Crippen LogP contribution in [0.5, 0.6) is 0 Å². The molecule has 1 aromatic carbocycles. The molecule has 0 unspecified atom stereocenters. The van der Waals surface area contributed by atoms with Crippen molar-refractivity contribution in [1.82, 2.24) is 19.7 Å². The van der Waals surface area contributed by atoms with Gasteiger partial charge in [-0.1, -0.05) is 31.2 Å². The van der Waals surface area contributed by atoms with Gasteiger partial charge in [0.15, 0.2) is 5.82 Å². The van der Waals surface area contributed by atoms with Gasteiger partial charge < -0.3 is 9.88 Å². The highest BCUT2D eigenvalue weighted by molar-refractivity contribution is 5.93. The summed E-state index contributed by atoms with van der Waals surface area (Å²) in [6.07, 6.45) is 5.66. The summed E-state index contributed by atoms with van der Waals surface area (Å²) in [5, 5.41) is 14.0. The number of fused-ring (bicyclic) bond motifs is 1. The summed E-state index contributed by atoms with van der Waals surface area (Å²) in [5.41, 5.74) is 0.966. The van der Waals surface area contributed by atoms with Crippen LogP contribution in [-0.2, 0) is 13.0 Å². The molecule has 0 bridgehead atoms.